The van der Waals surface area contributed by atoms with Gasteiger partial charge in [0.2, 0.25) is 0 Å². The highest BCUT2D eigenvalue weighted by atomic mass is 32.2. The van der Waals surface area contributed by atoms with Gasteiger partial charge < -0.3 is 5.11 Å². The Balaban J connectivity index is 3.50. The number of nitrogens with zero attached hydrogens (tertiary/aromatic N) is 2. The molecule has 9 heteroatoms. The first-order valence-electron chi connectivity index (χ1n) is 4.61. The molecule has 0 aromatic heterocycles. The van der Waals surface area contributed by atoms with Crippen LogP contribution in [-0.4, -0.2) is 22.5 Å². The maximum Gasteiger partial charge on any atom is 0.338 e. The molecule has 0 unspecified atom stereocenters. The topological polar surface area (TPSA) is 85.5 Å². The van der Waals surface area contributed by atoms with Crippen LogP contribution in [0.2, 0.25) is 0 Å². The van der Waals surface area contributed by atoms with Crippen molar-refractivity contribution in [2.24, 2.45) is 4.99 Å². The molecule has 0 aliphatic heterocycles. The molecule has 0 bridgehead atoms. The SMILES string of the molecule is CSC(=Nc1c(F)c(F)cc(C(=O)O)c1F)NC#N. The highest BCUT2D eigenvalue weighted by Gasteiger charge is 2.22. The van der Waals surface area contributed by atoms with E-state index < -0.39 is 34.7 Å². The lowest BCUT2D eigenvalue weighted by atomic mass is 10.1. The molecule has 0 saturated carbocycles. The van der Waals surface area contributed by atoms with Gasteiger partial charge in [-0.3, -0.25) is 5.32 Å². The van der Waals surface area contributed by atoms with Gasteiger partial charge in [0.25, 0.3) is 0 Å². The molecule has 1 aromatic carbocycles. The van der Waals surface area contributed by atoms with E-state index in [0.717, 1.165) is 11.8 Å². The molecule has 100 valence electrons. The third-order valence-corrected chi connectivity index (χ3v) is 2.51. The van der Waals surface area contributed by atoms with Gasteiger partial charge >= 0.3 is 5.97 Å². The lowest BCUT2D eigenvalue weighted by molar-refractivity contribution is 0.0691. The number of rotatable bonds is 2. The van der Waals surface area contributed by atoms with E-state index in [0.29, 0.717) is 0 Å². The summed E-state index contributed by atoms with van der Waals surface area (Å²) >= 11 is 0.840. The molecule has 1 aromatic rings. The lowest BCUT2D eigenvalue weighted by Crippen LogP contribution is -2.13. The number of aliphatic imine (C=N–C) groups is 1. The fourth-order valence-corrected chi connectivity index (χ4v) is 1.45. The molecule has 2 N–H and O–H groups in total. The molecule has 0 aliphatic rings. The molecule has 5 nitrogen and oxygen atoms in total. The molecular formula is C10H6F3N3O2S. The molecule has 0 fully saturated rings. The highest BCUT2D eigenvalue weighted by molar-refractivity contribution is 8.13. The van der Waals surface area contributed by atoms with Crippen molar-refractivity contribution in [2.45, 2.75) is 0 Å². The van der Waals surface area contributed by atoms with E-state index in [1.165, 1.54) is 12.4 Å². The summed E-state index contributed by atoms with van der Waals surface area (Å²) < 4.78 is 40.2. The third-order valence-electron chi connectivity index (χ3n) is 1.93. The number of amidine groups is 1. The van der Waals surface area contributed by atoms with Gasteiger partial charge in [-0.2, -0.15) is 5.26 Å². The predicted molar refractivity (Wildman–Crippen MR) is 62.6 cm³/mol. The Bertz CT molecular complexity index is 599. The summed E-state index contributed by atoms with van der Waals surface area (Å²) in [6.45, 7) is 0. The number of carbonyl (C=O) groups is 1. The summed E-state index contributed by atoms with van der Waals surface area (Å²) in [6, 6.07) is 0.225. The number of nitrogens with one attached hydrogen (secondary N) is 1. The zero-order valence-corrected chi connectivity index (χ0v) is 10.2. The average Bonchev–Trinajstić information content (AvgIpc) is 2.37. The summed E-state index contributed by atoms with van der Waals surface area (Å²) in [5, 5.41) is 18.8. The monoisotopic (exact) mass is 289 g/mol. The molecule has 19 heavy (non-hydrogen) atoms. The fourth-order valence-electron chi connectivity index (χ4n) is 1.12. The van der Waals surface area contributed by atoms with Crippen molar-refractivity contribution >= 4 is 28.6 Å². The number of hydrogen-bond donors (Lipinski definition) is 2. The maximum absolute atomic E-state index is 13.7. The fraction of sp³-hybridized carbons (Fsp3) is 0.100. The second kappa shape index (κ2) is 6.10. The van der Waals surface area contributed by atoms with Gasteiger partial charge in [0.05, 0.1) is 0 Å². The predicted octanol–water partition coefficient (Wildman–Crippen LogP) is 2.22. The molecule has 0 amide bonds. The molecular weight excluding hydrogens is 283 g/mol. The number of nitriles is 1. The smallest absolute Gasteiger partial charge is 0.338 e. The Kier molecular flexibility index (Phi) is 4.77. The van der Waals surface area contributed by atoms with E-state index in [4.69, 9.17) is 10.4 Å². The normalized spacial score (nSPS) is 11.0. The number of aromatic carboxylic acids is 1. The first-order valence-corrected chi connectivity index (χ1v) is 5.83. The first kappa shape index (κ1) is 14.8. The van der Waals surface area contributed by atoms with Crippen LogP contribution < -0.4 is 5.32 Å². The molecule has 0 atom stereocenters. The zero-order chi connectivity index (χ0) is 14.6. The van der Waals surface area contributed by atoms with E-state index in [2.05, 4.69) is 4.99 Å². The van der Waals surface area contributed by atoms with E-state index in [1.807, 2.05) is 5.32 Å². The van der Waals surface area contributed by atoms with Crippen LogP contribution in [0, 0.1) is 28.9 Å². The van der Waals surface area contributed by atoms with E-state index in [1.54, 1.807) is 0 Å². The Morgan fingerprint density at radius 3 is 2.58 bits per heavy atom. The number of benzene rings is 1. The van der Waals surface area contributed by atoms with Crippen molar-refractivity contribution in [1.29, 1.82) is 5.26 Å². The molecule has 0 radical (unpaired) electrons. The molecule has 0 heterocycles. The minimum absolute atomic E-state index is 0.206. The molecule has 1 rings (SSSR count). The number of carboxylic acids is 1. The van der Waals surface area contributed by atoms with Gasteiger partial charge in [0.15, 0.2) is 28.8 Å². The van der Waals surface area contributed by atoms with Gasteiger partial charge in [-0.1, -0.05) is 11.8 Å². The Hall–Kier alpha value is -2.21. The minimum atomic E-state index is -1.76. The van der Waals surface area contributed by atoms with Crippen LogP contribution in [0.25, 0.3) is 0 Å². The Morgan fingerprint density at radius 1 is 1.47 bits per heavy atom. The van der Waals surface area contributed by atoms with Crippen molar-refractivity contribution in [3.05, 3.63) is 29.1 Å². The Labute approximate surface area is 109 Å². The number of halogens is 3. The number of hydrogen-bond acceptors (Lipinski definition) is 4. The number of thioether (sulfide) groups is 1. The van der Waals surface area contributed by atoms with Crippen molar-refractivity contribution in [2.75, 3.05) is 6.26 Å². The van der Waals surface area contributed by atoms with E-state index in [9.17, 15) is 18.0 Å². The van der Waals surface area contributed by atoms with Crippen molar-refractivity contribution < 1.29 is 23.1 Å². The van der Waals surface area contributed by atoms with Gasteiger partial charge in [-0.15, -0.1) is 0 Å². The highest BCUT2D eigenvalue weighted by Crippen LogP contribution is 2.28. The van der Waals surface area contributed by atoms with Gasteiger partial charge in [0.1, 0.15) is 11.3 Å². The van der Waals surface area contributed by atoms with Crippen molar-refractivity contribution in [1.82, 2.24) is 5.32 Å². The average molecular weight is 289 g/mol. The third kappa shape index (κ3) is 3.17. The largest absolute Gasteiger partial charge is 0.478 e. The summed E-state index contributed by atoms with van der Waals surface area (Å²) in [5.41, 5.74) is -2.15. The summed E-state index contributed by atoms with van der Waals surface area (Å²) in [7, 11) is 0. The van der Waals surface area contributed by atoms with Gasteiger partial charge in [0, 0.05) is 0 Å². The van der Waals surface area contributed by atoms with Crippen LogP contribution in [0.15, 0.2) is 11.1 Å². The van der Waals surface area contributed by atoms with Crippen LogP contribution in [0.3, 0.4) is 0 Å². The van der Waals surface area contributed by atoms with Crippen LogP contribution >= 0.6 is 11.8 Å². The lowest BCUT2D eigenvalue weighted by Gasteiger charge is -2.06. The molecule has 0 saturated heterocycles. The van der Waals surface area contributed by atoms with Crippen molar-refractivity contribution in [3.8, 4) is 6.19 Å². The second-order valence-corrected chi connectivity index (χ2v) is 3.84. The van der Waals surface area contributed by atoms with Crippen molar-refractivity contribution in [3.63, 3.8) is 0 Å². The Morgan fingerprint density at radius 2 is 2.11 bits per heavy atom. The maximum atomic E-state index is 13.7. The number of carboxylic acid groups (broad SMARTS) is 1. The summed E-state index contributed by atoms with van der Waals surface area (Å²) in [5.74, 6) is -6.45. The van der Waals surface area contributed by atoms with E-state index in [-0.39, 0.29) is 11.2 Å². The quantitative estimate of drug-likeness (QED) is 0.287. The molecule has 0 aliphatic carbocycles. The zero-order valence-electron chi connectivity index (χ0n) is 9.37. The van der Waals surface area contributed by atoms with Crippen LogP contribution in [0.4, 0.5) is 18.9 Å². The summed E-state index contributed by atoms with van der Waals surface area (Å²) in [4.78, 5) is 14.0. The van der Waals surface area contributed by atoms with Crippen LogP contribution in [-0.2, 0) is 0 Å². The molecule has 0 spiro atoms. The minimum Gasteiger partial charge on any atom is -0.478 e. The first-order chi connectivity index (χ1) is 8.92. The van der Waals surface area contributed by atoms with Gasteiger partial charge in [-0.05, 0) is 12.3 Å². The van der Waals surface area contributed by atoms with Gasteiger partial charge in [-0.25, -0.2) is 23.0 Å². The van der Waals surface area contributed by atoms with Crippen LogP contribution in [0.5, 0.6) is 0 Å². The summed E-state index contributed by atoms with van der Waals surface area (Å²) in [6.07, 6.45) is 2.93. The second-order valence-electron chi connectivity index (χ2n) is 3.05. The van der Waals surface area contributed by atoms with Crippen LogP contribution in [0.1, 0.15) is 10.4 Å². The standard InChI is InChI=1S/C10H6F3N3O2S/c1-19-10(15-3-14)16-8-6(12)4(9(17)18)2-5(11)7(8)13/h2H,1H3,(H,15,16)(H,17,18). The van der Waals surface area contributed by atoms with E-state index >= 15 is 0 Å².